The van der Waals surface area contributed by atoms with Gasteiger partial charge in [-0.05, 0) is 79.4 Å². The Hall–Kier alpha value is -3.49. The van der Waals surface area contributed by atoms with Crippen LogP contribution in [0.15, 0.2) is 77.7 Å². The molecule has 0 spiro atoms. The van der Waals surface area contributed by atoms with Gasteiger partial charge in [0.15, 0.2) is 0 Å². The highest BCUT2D eigenvalue weighted by Crippen LogP contribution is 2.25. The lowest BCUT2D eigenvalue weighted by Crippen LogP contribution is -2.37. The van der Waals surface area contributed by atoms with Crippen LogP contribution in [0.3, 0.4) is 0 Å². The molecule has 7 nitrogen and oxygen atoms in total. The van der Waals surface area contributed by atoms with Crippen LogP contribution >= 0.6 is 0 Å². The van der Waals surface area contributed by atoms with Crippen LogP contribution in [-0.4, -0.2) is 41.7 Å². The van der Waals surface area contributed by atoms with Gasteiger partial charge < -0.3 is 10.3 Å². The predicted octanol–water partition coefficient (Wildman–Crippen LogP) is 4.90. The fourth-order valence-corrected chi connectivity index (χ4v) is 5.63. The van der Waals surface area contributed by atoms with E-state index in [0.717, 1.165) is 35.3 Å². The number of rotatable bonds is 5. The van der Waals surface area contributed by atoms with Crippen molar-refractivity contribution in [3.63, 3.8) is 0 Å². The Bertz CT molecular complexity index is 1390. The summed E-state index contributed by atoms with van der Waals surface area (Å²) in [4.78, 5) is 20.8. The first-order valence-electron chi connectivity index (χ1n) is 11.4. The summed E-state index contributed by atoms with van der Waals surface area (Å²) < 4.78 is 27.3. The molecule has 0 atom stereocenters. The fraction of sp³-hybridized carbons (Fsp3) is 0.231. The number of carbonyl (C=O) groups excluding carboxylic acids is 1. The summed E-state index contributed by atoms with van der Waals surface area (Å²) in [6, 6.07) is 21.4. The summed E-state index contributed by atoms with van der Waals surface area (Å²) in [6.45, 7) is 3.22. The van der Waals surface area contributed by atoms with Crippen LogP contribution in [0.2, 0.25) is 0 Å². The summed E-state index contributed by atoms with van der Waals surface area (Å²) in [5.74, 6) is 1.01. The van der Waals surface area contributed by atoms with Crippen LogP contribution in [0, 0.1) is 5.92 Å². The van der Waals surface area contributed by atoms with Crippen LogP contribution in [0.5, 0.6) is 0 Å². The molecule has 34 heavy (non-hydrogen) atoms. The molecule has 1 aliphatic heterocycles. The molecular formula is C26H26N4O3S. The van der Waals surface area contributed by atoms with Gasteiger partial charge in [0.05, 0.1) is 15.9 Å². The number of imidazole rings is 1. The molecule has 8 heteroatoms. The van der Waals surface area contributed by atoms with Gasteiger partial charge in [0.1, 0.15) is 5.82 Å². The van der Waals surface area contributed by atoms with E-state index in [0.29, 0.717) is 30.3 Å². The second-order valence-corrected chi connectivity index (χ2v) is 10.7. The maximum absolute atomic E-state index is 12.9. The Kier molecular flexibility index (Phi) is 5.93. The smallest absolute Gasteiger partial charge is 0.255 e. The highest BCUT2D eigenvalue weighted by Gasteiger charge is 2.28. The number of carbonyl (C=O) groups is 1. The van der Waals surface area contributed by atoms with E-state index in [9.17, 15) is 13.2 Å². The quantitative estimate of drug-likeness (QED) is 0.430. The van der Waals surface area contributed by atoms with Crippen LogP contribution in [0.1, 0.15) is 30.1 Å². The molecule has 1 aromatic heterocycles. The summed E-state index contributed by atoms with van der Waals surface area (Å²) in [5.41, 5.74) is 3.82. The van der Waals surface area contributed by atoms with Crippen molar-refractivity contribution in [2.75, 3.05) is 18.4 Å². The van der Waals surface area contributed by atoms with E-state index >= 15 is 0 Å². The number of aromatic amines is 1. The van der Waals surface area contributed by atoms with Crippen LogP contribution in [0.25, 0.3) is 22.4 Å². The Morgan fingerprint density at radius 1 is 0.971 bits per heavy atom. The van der Waals surface area contributed by atoms with Gasteiger partial charge >= 0.3 is 0 Å². The third kappa shape index (κ3) is 4.47. The third-order valence-electron chi connectivity index (χ3n) is 6.30. The van der Waals surface area contributed by atoms with Crippen LogP contribution < -0.4 is 5.32 Å². The van der Waals surface area contributed by atoms with E-state index in [1.54, 1.807) is 12.1 Å². The Labute approximate surface area is 198 Å². The minimum Gasteiger partial charge on any atom is -0.338 e. The molecule has 0 aliphatic carbocycles. The van der Waals surface area contributed by atoms with Gasteiger partial charge in [-0.25, -0.2) is 13.4 Å². The molecular weight excluding hydrogens is 448 g/mol. The van der Waals surface area contributed by atoms with E-state index in [4.69, 9.17) is 0 Å². The minimum atomic E-state index is -3.54. The monoisotopic (exact) mass is 474 g/mol. The number of hydrogen-bond donors (Lipinski definition) is 2. The lowest BCUT2D eigenvalue weighted by atomic mass is 10.0. The molecule has 1 aliphatic rings. The van der Waals surface area contributed by atoms with Crippen molar-refractivity contribution in [2.45, 2.75) is 24.7 Å². The molecule has 1 saturated heterocycles. The molecule has 0 bridgehead atoms. The molecule has 5 rings (SSSR count). The first kappa shape index (κ1) is 22.3. The molecule has 0 saturated carbocycles. The number of H-pyrrole nitrogens is 1. The van der Waals surface area contributed by atoms with Gasteiger partial charge in [-0.3, -0.25) is 4.79 Å². The standard InChI is InChI=1S/C26H26N4O3S/c1-18-14-16-30(17-15-18)34(32,33)22-12-8-20(9-13-22)26(31)27-21-10-6-19(7-11-21)25-28-23-4-2-3-5-24(23)29-25/h2-13,18H,14-17H2,1H3,(H,27,31)(H,28,29). The van der Waals surface area contributed by atoms with Crippen molar-refractivity contribution < 1.29 is 13.2 Å². The van der Waals surface area contributed by atoms with Gasteiger partial charge in [0, 0.05) is 29.9 Å². The maximum atomic E-state index is 12.9. The predicted molar refractivity (Wildman–Crippen MR) is 133 cm³/mol. The number of benzene rings is 3. The Morgan fingerprint density at radius 2 is 1.65 bits per heavy atom. The molecule has 0 unspecified atom stereocenters. The van der Waals surface area contributed by atoms with E-state index in [1.807, 2.05) is 48.5 Å². The summed E-state index contributed by atoms with van der Waals surface area (Å²) in [5, 5.41) is 2.86. The van der Waals surface area contributed by atoms with E-state index in [-0.39, 0.29) is 10.8 Å². The molecule has 1 fully saturated rings. The summed E-state index contributed by atoms with van der Waals surface area (Å²) >= 11 is 0. The van der Waals surface area contributed by atoms with Crippen LogP contribution in [0.4, 0.5) is 5.69 Å². The number of hydrogen-bond acceptors (Lipinski definition) is 4. The number of nitrogens with one attached hydrogen (secondary N) is 2. The topological polar surface area (TPSA) is 95.2 Å². The van der Waals surface area contributed by atoms with Gasteiger partial charge in [0.25, 0.3) is 5.91 Å². The maximum Gasteiger partial charge on any atom is 0.255 e. The number of para-hydroxylation sites is 2. The van der Waals surface area contributed by atoms with Gasteiger partial charge in [-0.15, -0.1) is 0 Å². The SMILES string of the molecule is CC1CCN(S(=O)(=O)c2ccc(C(=O)Nc3ccc(-c4nc5ccccc5[nH]4)cc3)cc2)CC1. The molecule has 4 aromatic rings. The highest BCUT2D eigenvalue weighted by atomic mass is 32.2. The largest absolute Gasteiger partial charge is 0.338 e. The first-order chi connectivity index (χ1) is 16.4. The molecule has 3 aromatic carbocycles. The Morgan fingerprint density at radius 3 is 2.32 bits per heavy atom. The van der Waals surface area contributed by atoms with Gasteiger partial charge in [0.2, 0.25) is 10.0 Å². The fourth-order valence-electron chi connectivity index (χ4n) is 4.16. The zero-order valence-electron chi connectivity index (χ0n) is 18.9. The molecule has 2 N–H and O–H groups in total. The first-order valence-corrected chi connectivity index (χ1v) is 12.8. The number of amides is 1. The van der Waals surface area contributed by atoms with E-state index in [2.05, 4.69) is 22.2 Å². The normalized spacial score (nSPS) is 15.4. The Balaban J connectivity index is 1.26. The number of nitrogens with zero attached hydrogens (tertiary/aromatic N) is 2. The van der Waals surface area contributed by atoms with Crippen molar-refractivity contribution in [3.8, 4) is 11.4 Å². The van der Waals surface area contributed by atoms with E-state index in [1.165, 1.54) is 16.4 Å². The zero-order valence-corrected chi connectivity index (χ0v) is 19.7. The number of fused-ring (bicyclic) bond motifs is 1. The molecule has 0 radical (unpaired) electrons. The van der Waals surface area contributed by atoms with Crippen molar-refractivity contribution in [1.82, 2.24) is 14.3 Å². The second-order valence-electron chi connectivity index (χ2n) is 8.75. The van der Waals surface area contributed by atoms with Crippen molar-refractivity contribution in [1.29, 1.82) is 0 Å². The molecule has 2 heterocycles. The number of anilines is 1. The second kappa shape index (κ2) is 9.04. The van der Waals surface area contributed by atoms with E-state index < -0.39 is 10.0 Å². The molecule has 1 amide bonds. The average Bonchev–Trinajstić information content (AvgIpc) is 3.29. The number of sulfonamides is 1. The van der Waals surface area contributed by atoms with Crippen LogP contribution in [-0.2, 0) is 10.0 Å². The number of aromatic nitrogens is 2. The zero-order chi connectivity index (χ0) is 23.7. The average molecular weight is 475 g/mol. The lowest BCUT2D eigenvalue weighted by molar-refractivity contribution is 0.102. The van der Waals surface area contributed by atoms with Crippen molar-refractivity contribution in [2.24, 2.45) is 5.92 Å². The minimum absolute atomic E-state index is 0.216. The molecule has 174 valence electrons. The van der Waals surface area contributed by atoms with Gasteiger partial charge in [-0.2, -0.15) is 4.31 Å². The summed E-state index contributed by atoms with van der Waals surface area (Å²) in [6.07, 6.45) is 1.74. The van der Waals surface area contributed by atoms with Gasteiger partial charge in [-0.1, -0.05) is 19.1 Å². The lowest BCUT2D eigenvalue weighted by Gasteiger charge is -2.29. The van der Waals surface area contributed by atoms with Crippen molar-refractivity contribution in [3.05, 3.63) is 78.4 Å². The summed E-state index contributed by atoms with van der Waals surface area (Å²) in [7, 11) is -3.54. The number of piperidine rings is 1. The highest BCUT2D eigenvalue weighted by molar-refractivity contribution is 7.89. The third-order valence-corrected chi connectivity index (χ3v) is 8.22. The van der Waals surface area contributed by atoms with Crippen molar-refractivity contribution >= 4 is 32.7 Å².